The fraction of sp³-hybridized carbons (Fsp3) is 0. The summed E-state index contributed by atoms with van der Waals surface area (Å²) >= 11 is 1.10. The van der Waals surface area contributed by atoms with Crippen LogP contribution in [0.4, 0.5) is 9.52 Å². The molecule has 84 valence electrons. The molecule has 0 aliphatic rings. The van der Waals surface area contributed by atoms with E-state index in [9.17, 15) is 12.8 Å². The van der Waals surface area contributed by atoms with Crippen molar-refractivity contribution in [3.8, 4) is 0 Å². The number of rotatable bonds is 3. The van der Waals surface area contributed by atoms with E-state index in [1.165, 1.54) is 18.5 Å². The minimum absolute atomic E-state index is 0.171. The molecule has 8 heteroatoms. The number of hydrogen-bond acceptors (Lipinski definition) is 5. The lowest BCUT2D eigenvalue weighted by Gasteiger charge is -2.04. The lowest BCUT2D eigenvalue weighted by molar-refractivity contribution is 0.557. The molecule has 0 amide bonds. The number of nitrogens with one attached hydrogen (secondary N) is 1. The number of thiazole rings is 1. The molecule has 0 aliphatic heterocycles. The van der Waals surface area contributed by atoms with Crippen LogP contribution >= 0.6 is 11.3 Å². The summed E-state index contributed by atoms with van der Waals surface area (Å²) in [7, 11) is -4.00. The number of nitrogens with zero attached hydrogens (tertiary/aromatic N) is 2. The summed E-state index contributed by atoms with van der Waals surface area (Å²) < 4.78 is 38.7. The number of anilines is 1. The Hall–Kier alpha value is -1.54. The standard InChI is InChI=1S/C8H6FN3O2S2/c9-6-2-1-3-10-7(6)16(13,14)12-8-11-4-5-15-8/h1-5H,(H,11,12). The van der Waals surface area contributed by atoms with E-state index in [2.05, 4.69) is 14.7 Å². The van der Waals surface area contributed by atoms with E-state index in [0.717, 1.165) is 17.4 Å². The first-order valence-corrected chi connectivity index (χ1v) is 6.49. The molecule has 0 fully saturated rings. The Morgan fingerprint density at radius 3 is 2.75 bits per heavy atom. The Balaban J connectivity index is 2.37. The van der Waals surface area contributed by atoms with Crippen LogP contribution in [0.3, 0.4) is 0 Å². The van der Waals surface area contributed by atoms with Gasteiger partial charge in [0.2, 0.25) is 5.03 Å². The second kappa shape index (κ2) is 4.14. The van der Waals surface area contributed by atoms with Crippen molar-refractivity contribution in [2.24, 2.45) is 0 Å². The number of halogens is 1. The maximum Gasteiger partial charge on any atom is 0.284 e. The summed E-state index contributed by atoms with van der Waals surface area (Å²) in [5, 5.41) is 1.14. The van der Waals surface area contributed by atoms with Crippen LogP contribution in [0.1, 0.15) is 0 Å². The monoisotopic (exact) mass is 259 g/mol. The molecule has 0 unspecified atom stereocenters. The van der Waals surface area contributed by atoms with E-state index in [0.29, 0.717) is 0 Å². The van der Waals surface area contributed by atoms with Gasteiger partial charge in [-0.1, -0.05) is 0 Å². The van der Waals surface area contributed by atoms with Gasteiger partial charge in [-0.05, 0) is 12.1 Å². The third kappa shape index (κ3) is 2.17. The number of pyridine rings is 1. The van der Waals surface area contributed by atoms with Crippen LogP contribution < -0.4 is 4.72 Å². The zero-order valence-corrected chi connectivity index (χ0v) is 9.43. The Morgan fingerprint density at radius 2 is 2.12 bits per heavy atom. The van der Waals surface area contributed by atoms with Crippen LogP contribution in [0.25, 0.3) is 0 Å². The van der Waals surface area contributed by atoms with E-state index in [4.69, 9.17) is 0 Å². The molecule has 0 saturated carbocycles. The van der Waals surface area contributed by atoms with Crippen LogP contribution in [0.15, 0.2) is 34.9 Å². The summed E-state index contributed by atoms with van der Waals surface area (Å²) in [4.78, 5) is 7.22. The van der Waals surface area contributed by atoms with E-state index in [-0.39, 0.29) is 5.13 Å². The first-order chi connectivity index (χ1) is 7.59. The number of hydrogen-bond donors (Lipinski definition) is 1. The van der Waals surface area contributed by atoms with Gasteiger partial charge in [0.05, 0.1) is 0 Å². The molecule has 2 aromatic rings. The first kappa shape index (κ1) is 11.0. The quantitative estimate of drug-likeness (QED) is 0.906. The molecule has 0 radical (unpaired) electrons. The van der Waals surface area contributed by atoms with Crippen molar-refractivity contribution in [1.82, 2.24) is 9.97 Å². The van der Waals surface area contributed by atoms with Gasteiger partial charge in [-0.3, -0.25) is 4.72 Å². The van der Waals surface area contributed by atoms with E-state index in [1.807, 2.05) is 0 Å². The zero-order valence-electron chi connectivity index (χ0n) is 7.79. The molecule has 0 atom stereocenters. The van der Waals surface area contributed by atoms with E-state index < -0.39 is 20.9 Å². The second-order valence-corrected chi connectivity index (χ2v) is 5.23. The Bertz CT molecular complexity index is 583. The molecular weight excluding hydrogens is 253 g/mol. The van der Waals surface area contributed by atoms with Gasteiger partial charge in [-0.25, -0.2) is 14.4 Å². The molecule has 0 saturated heterocycles. The topological polar surface area (TPSA) is 72.0 Å². The van der Waals surface area contributed by atoms with Gasteiger partial charge in [0, 0.05) is 17.8 Å². The number of aromatic nitrogens is 2. The van der Waals surface area contributed by atoms with E-state index in [1.54, 1.807) is 5.38 Å². The Labute approximate surface area is 95.0 Å². The van der Waals surface area contributed by atoms with Crippen molar-refractivity contribution in [1.29, 1.82) is 0 Å². The van der Waals surface area contributed by atoms with Crippen LogP contribution in [0, 0.1) is 5.82 Å². The zero-order chi connectivity index (χ0) is 11.6. The summed E-state index contributed by atoms with van der Waals surface area (Å²) in [5.74, 6) is -0.897. The van der Waals surface area contributed by atoms with Crippen molar-refractivity contribution in [3.05, 3.63) is 35.7 Å². The molecule has 2 rings (SSSR count). The third-order valence-corrected chi connectivity index (χ3v) is 3.72. The maximum atomic E-state index is 13.2. The van der Waals surface area contributed by atoms with Crippen LogP contribution in [-0.4, -0.2) is 18.4 Å². The Kier molecular flexibility index (Phi) is 2.84. The summed E-state index contributed by atoms with van der Waals surface area (Å²) in [6.07, 6.45) is 2.65. The Morgan fingerprint density at radius 1 is 1.31 bits per heavy atom. The summed E-state index contributed by atoms with van der Waals surface area (Å²) in [5.41, 5.74) is 0. The second-order valence-electron chi connectivity index (χ2n) is 2.73. The van der Waals surface area contributed by atoms with Gasteiger partial charge < -0.3 is 0 Å². The third-order valence-electron chi connectivity index (χ3n) is 1.63. The molecule has 0 aliphatic carbocycles. The van der Waals surface area contributed by atoms with Gasteiger partial charge in [-0.15, -0.1) is 11.3 Å². The van der Waals surface area contributed by atoms with Crippen molar-refractivity contribution < 1.29 is 12.8 Å². The average Bonchev–Trinajstić information content (AvgIpc) is 2.70. The van der Waals surface area contributed by atoms with Crippen molar-refractivity contribution in [2.45, 2.75) is 5.03 Å². The van der Waals surface area contributed by atoms with Gasteiger partial charge in [0.15, 0.2) is 10.9 Å². The van der Waals surface area contributed by atoms with E-state index >= 15 is 0 Å². The van der Waals surface area contributed by atoms with Crippen molar-refractivity contribution in [2.75, 3.05) is 4.72 Å². The normalized spacial score (nSPS) is 11.3. The molecule has 2 aromatic heterocycles. The lowest BCUT2D eigenvalue weighted by Crippen LogP contribution is -2.15. The fourth-order valence-corrected chi connectivity index (χ4v) is 2.80. The molecule has 2 heterocycles. The SMILES string of the molecule is O=S(=O)(Nc1nccs1)c1ncccc1F. The first-order valence-electron chi connectivity index (χ1n) is 4.12. The minimum Gasteiger partial charge on any atom is -0.253 e. The highest BCUT2D eigenvalue weighted by Crippen LogP contribution is 2.17. The number of sulfonamides is 1. The fourth-order valence-electron chi connectivity index (χ4n) is 1.01. The highest BCUT2D eigenvalue weighted by molar-refractivity contribution is 7.92. The summed E-state index contributed by atoms with van der Waals surface area (Å²) in [6, 6.07) is 2.35. The molecule has 0 aromatic carbocycles. The predicted molar refractivity (Wildman–Crippen MR) is 57.1 cm³/mol. The highest BCUT2D eigenvalue weighted by atomic mass is 32.2. The average molecular weight is 259 g/mol. The molecule has 5 nitrogen and oxygen atoms in total. The summed E-state index contributed by atoms with van der Waals surface area (Å²) in [6.45, 7) is 0. The predicted octanol–water partition coefficient (Wildman–Crippen LogP) is 1.48. The van der Waals surface area contributed by atoms with Crippen LogP contribution in [0.5, 0.6) is 0 Å². The van der Waals surface area contributed by atoms with Gasteiger partial charge in [-0.2, -0.15) is 8.42 Å². The van der Waals surface area contributed by atoms with Crippen LogP contribution in [0.2, 0.25) is 0 Å². The molecule has 16 heavy (non-hydrogen) atoms. The maximum absolute atomic E-state index is 13.2. The van der Waals surface area contributed by atoms with Gasteiger partial charge >= 0.3 is 0 Å². The minimum atomic E-state index is -4.00. The molecule has 0 bridgehead atoms. The molecule has 0 spiro atoms. The molecular formula is C8H6FN3O2S2. The van der Waals surface area contributed by atoms with Gasteiger partial charge in [0.25, 0.3) is 10.0 Å². The van der Waals surface area contributed by atoms with Gasteiger partial charge in [0.1, 0.15) is 0 Å². The highest BCUT2D eigenvalue weighted by Gasteiger charge is 2.21. The largest absolute Gasteiger partial charge is 0.284 e. The van der Waals surface area contributed by atoms with Crippen molar-refractivity contribution in [3.63, 3.8) is 0 Å². The van der Waals surface area contributed by atoms with Crippen LogP contribution in [-0.2, 0) is 10.0 Å². The lowest BCUT2D eigenvalue weighted by atomic mass is 10.5. The smallest absolute Gasteiger partial charge is 0.253 e. The molecule has 1 N–H and O–H groups in total. The van der Waals surface area contributed by atoms with Crippen molar-refractivity contribution >= 4 is 26.5 Å².